The molecule has 22 heavy (non-hydrogen) atoms. The van der Waals surface area contributed by atoms with E-state index >= 15 is 0 Å². The highest BCUT2D eigenvalue weighted by atomic mass is 19.1. The minimum absolute atomic E-state index is 0.273. The average molecular weight is 309 g/mol. The van der Waals surface area contributed by atoms with Crippen LogP contribution in [-0.4, -0.2) is 63.2 Å². The Balaban J connectivity index is 1.82. The highest BCUT2D eigenvalue weighted by Gasteiger charge is 2.25. The van der Waals surface area contributed by atoms with Gasteiger partial charge in [-0.25, -0.2) is 4.39 Å². The SMILES string of the molecule is COCCNC(=O)C(=O)N1CCN(c2ccc(F)cc2)CC1. The van der Waals surface area contributed by atoms with Gasteiger partial charge in [-0.2, -0.15) is 0 Å². The summed E-state index contributed by atoms with van der Waals surface area (Å²) in [6, 6.07) is 6.25. The lowest BCUT2D eigenvalue weighted by Gasteiger charge is -2.35. The number of carbonyl (C=O) groups is 2. The highest BCUT2D eigenvalue weighted by Crippen LogP contribution is 2.16. The van der Waals surface area contributed by atoms with Crippen LogP contribution >= 0.6 is 0 Å². The van der Waals surface area contributed by atoms with E-state index in [0.29, 0.717) is 39.3 Å². The van der Waals surface area contributed by atoms with E-state index < -0.39 is 11.8 Å². The number of benzene rings is 1. The first-order valence-electron chi connectivity index (χ1n) is 7.18. The Hall–Kier alpha value is -2.15. The fourth-order valence-corrected chi connectivity index (χ4v) is 2.31. The van der Waals surface area contributed by atoms with Crippen molar-refractivity contribution in [3.8, 4) is 0 Å². The number of nitrogens with zero attached hydrogens (tertiary/aromatic N) is 2. The molecule has 2 rings (SSSR count). The maximum Gasteiger partial charge on any atom is 0.312 e. The topological polar surface area (TPSA) is 61.9 Å². The number of hydrogen-bond acceptors (Lipinski definition) is 4. The van der Waals surface area contributed by atoms with Crippen molar-refractivity contribution in [2.45, 2.75) is 0 Å². The summed E-state index contributed by atoms with van der Waals surface area (Å²) in [6.45, 7) is 2.85. The van der Waals surface area contributed by atoms with Crippen molar-refractivity contribution in [2.75, 3.05) is 51.3 Å². The third kappa shape index (κ3) is 4.17. The second-order valence-electron chi connectivity index (χ2n) is 5.00. The number of methoxy groups -OCH3 is 1. The van der Waals surface area contributed by atoms with E-state index in [1.165, 1.54) is 24.1 Å². The van der Waals surface area contributed by atoms with Crippen molar-refractivity contribution in [3.05, 3.63) is 30.1 Å². The van der Waals surface area contributed by atoms with E-state index in [0.717, 1.165) is 5.69 Å². The maximum atomic E-state index is 12.9. The zero-order valence-corrected chi connectivity index (χ0v) is 12.5. The van der Waals surface area contributed by atoms with Gasteiger partial charge in [0.2, 0.25) is 0 Å². The standard InChI is InChI=1S/C15H20FN3O3/c1-22-11-6-17-14(20)15(21)19-9-7-18(8-10-19)13-4-2-12(16)3-5-13/h2-5H,6-11H2,1H3,(H,17,20). The van der Waals surface area contributed by atoms with Gasteiger partial charge < -0.3 is 19.9 Å². The number of carbonyl (C=O) groups excluding carboxylic acids is 2. The number of nitrogens with one attached hydrogen (secondary N) is 1. The van der Waals surface area contributed by atoms with E-state index in [4.69, 9.17) is 4.74 Å². The van der Waals surface area contributed by atoms with Crippen LogP contribution < -0.4 is 10.2 Å². The van der Waals surface area contributed by atoms with E-state index in [2.05, 4.69) is 10.2 Å². The quantitative estimate of drug-likeness (QED) is 0.639. The van der Waals surface area contributed by atoms with Crippen LogP contribution in [0.4, 0.5) is 10.1 Å². The molecule has 1 aliphatic rings. The molecule has 0 spiro atoms. The molecule has 1 aromatic rings. The van der Waals surface area contributed by atoms with Crippen molar-refractivity contribution in [2.24, 2.45) is 0 Å². The third-order valence-electron chi connectivity index (χ3n) is 3.54. The Morgan fingerprint density at radius 2 is 1.82 bits per heavy atom. The molecule has 2 amide bonds. The molecule has 1 aromatic carbocycles. The van der Waals surface area contributed by atoms with Crippen LogP contribution in [0.2, 0.25) is 0 Å². The first-order valence-corrected chi connectivity index (χ1v) is 7.18. The summed E-state index contributed by atoms with van der Waals surface area (Å²) in [7, 11) is 1.53. The van der Waals surface area contributed by atoms with Gasteiger partial charge in [0.05, 0.1) is 6.61 Å². The maximum absolute atomic E-state index is 12.9. The predicted octanol–water partition coefficient (Wildman–Crippen LogP) is 0.237. The molecule has 120 valence electrons. The molecular weight excluding hydrogens is 289 g/mol. The van der Waals surface area contributed by atoms with Crippen LogP contribution in [0.15, 0.2) is 24.3 Å². The molecule has 0 saturated carbocycles. The van der Waals surface area contributed by atoms with Crippen LogP contribution in [0, 0.1) is 5.82 Å². The first kappa shape index (κ1) is 16.2. The van der Waals surface area contributed by atoms with Gasteiger partial charge in [0.25, 0.3) is 0 Å². The highest BCUT2D eigenvalue weighted by molar-refractivity contribution is 6.35. The Morgan fingerprint density at radius 1 is 1.18 bits per heavy atom. The van der Waals surface area contributed by atoms with E-state index in [1.807, 2.05) is 0 Å². The van der Waals surface area contributed by atoms with Gasteiger partial charge in [0.15, 0.2) is 0 Å². The van der Waals surface area contributed by atoms with Gasteiger partial charge in [-0.1, -0.05) is 0 Å². The summed E-state index contributed by atoms with van der Waals surface area (Å²) in [5.74, 6) is -1.40. The Kier molecular flexibility index (Phi) is 5.71. The number of piperazine rings is 1. The molecule has 0 aromatic heterocycles. The molecule has 7 heteroatoms. The Morgan fingerprint density at radius 3 is 2.41 bits per heavy atom. The number of rotatable bonds is 4. The second-order valence-corrected chi connectivity index (χ2v) is 5.00. The van der Waals surface area contributed by atoms with Crippen LogP contribution in [-0.2, 0) is 14.3 Å². The average Bonchev–Trinajstić information content (AvgIpc) is 2.55. The molecule has 1 aliphatic heterocycles. The normalized spacial score (nSPS) is 14.8. The molecule has 1 heterocycles. The molecule has 1 saturated heterocycles. The minimum atomic E-state index is -0.604. The summed E-state index contributed by atoms with van der Waals surface area (Å²) < 4.78 is 17.7. The summed E-state index contributed by atoms with van der Waals surface area (Å²) in [5.41, 5.74) is 0.915. The fourth-order valence-electron chi connectivity index (χ4n) is 2.31. The zero-order chi connectivity index (χ0) is 15.9. The molecule has 0 radical (unpaired) electrons. The van der Waals surface area contributed by atoms with Gasteiger partial charge in [-0.05, 0) is 24.3 Å². The van der Waals surface area contributed by atoms with Crippen molar-refractivity contribution < 1.29 is 18.7 Å². The molecule has 6 nitrogen and oxygen atoms in total. The van der Waals surface area contributed by atoms with Crippen LogP contribution in [0.5, 0.6) is 0 Å². The summed E-state index contributed by atoms with van der Waals surface area (Å²) in [6.07, 6.45) is 0. The van der Waals surface area contributed by atoms with E-state index in [9.17, 15) is 14.0 Å². The lowest BCUT2D eigenvalue weighted by molar-refractivity contribution is -0.146. The lowest BCUT2D eigenvalue weighted by atomic mass is 10.2. The van der Waals surface area contributed by atoms with E-state index in [1.54, 1.807) is 12.1 Å². The van der Waals surface area contributed by atoms with Crippen molar-refractivity contribution in [1.29, 1.82) is 0 Å². The van der Waals surface area contributed by atoms with Crippen molar-refractivity contribution in [1.82, 2.24) is 10.2 Å². The van der Waals surface area contributed by atoms with Crippen LogP contribution in [0.1, 0.15) is 0 Å². The predicted molar refractivity (Wildman–Crippen MR) is 80.1 cm³/mol. The van der Waals surface area contributed by atoms with Gasteiger partial charge in [-0.15, -0.1) is 0 Å². The fraction of sp³-hybridized carbons (Fsp3) is 0.467. The van der Waals surface area contributed by atoms with Crippen LogP contribution in [0.3, 0.4) is 0 Å². The van der Waals surface area contributed by atoms with Gasteiger partial charge in [-0.3, -0.25) is 9.59 Å². The van der Waals surface area contributed by atoms with Gasteiger partial charge >= 0.3 is 11.8 Å². The smallest absolute Gasteiger partial charge is 0.312 e. The first-order chi connectivity index (χ1) is 10.6. The zero-order valence-electron chi connectivity index (χ0n) is 12.5. The van der Waals surface area contributed by atoms with Gasteiger partial charge in [0, 0.05) is 45.5 Å². The monoisotopic (exact) mass is 309 g/mol. The number of ether oxygens (including phenoxy) is 1. The summed E-state index contributed by atoms with van der Waals surface area (Å²) in [5, 5.41) is 2.52. The summed E-state index contributed by atoms with van der Waals surface area (Å²) >= 11 is 0. The largest absolute Gasteiger partial charge is 0.383 e. The summed E-state index contributed by atoms with van der Waals surface area (Å²) in [4.78, 5) is 27.3. The Bertz CT molecular complexity index is 513. The molecule has 0 aliphatic carbocycles. The number of halogens is 1. The van der Waals surface area contributed by atoms with Crippen LogP contribution in [0.25, 0.3) is 0 Å². The van der Waals surface area contributed by atoms with Crippen molar-refractivity contribution in [3.63, 3.8) is 0 Å². The minimum Gasteiger partial charge on any atom is -0.383 e. The molecule has 0 bridgehead atoms. The second kappa shape index (κ2) is 7.74. The Labute approximate surface area is 128 Å². The van der Waals surface area contributed by atoms with Crippen molar-refractivity contribution >= 4 is 17.5 Å². The molecule has 0 unspecified atom stereocenters. The molecule has 1 fully saturated rings. The molecule has 1 N–H and O–H groups in total. The number of anilines is 1. The van der Waals surface area contributed by atoms with Gasteiger partial charge in [0.1, 0.15) is 5.82 Å². The molecule has 0 atom stereocenters. The molecular formula is C15H20FN3O3. The lowest BCUT2D eigenvalue weighted by Crippen LogP contribution is -2.53. The third-order valence-corrected chi connectivity index (χ3v) is 3.54. The number of amides is 2. The van der Waals surface area contributed by atoms with E-state index in [-0.39, 0.29) is 5.82 Å². The number of hydrogen-bond donors (Lipinski definition) is 1.